The van der Waals surface area contributed by atoms with Crippen molar-refractivity contribution in [1.82, 2.24) is 4.90 Å². The number of hydrogen-bond acceptors (Lipinski definition) is 5. The topological polar surface area (TPSA) is 71.0 Å². The number of nitrogens with one attached hydrogen (secondary N) is 1. The molecule has 0 bridgehead atoms. The number of hydrogen-bond donors (Lipinski definition) is 1. The Bertz CT molecular complexity index is 663. The number of benzene rings is 1. The Balaban J connectivity index is 1.58. The number of amides is 2. The number of thioether (sulfide) groups is 1. The molecule has 0 spiro atoms. The lowest BCUT2D eigenvalue weighted by atomic mass is 10.1. The van der Waals surface area contributed by atoms with Crippen LogP contribution in [0, 0.1) is 13.8 Å². The zero-order chi connectivity index (χ0) is 17.1. The number of anilines is 1. The standard InChI is InChI=1S/C17H21N3O3S/c1-11-4-3-5-12(2)15(11)18-14(21)10-13-16(22)19-17(24-13)20-6-8-23-9-7-20/h3-5,13H,6-10H2,1-2H3,(H,18,21). The number of amidine groups is 1. The van der Waals surface area contributed by atoms with Crippen LogP contribution in [-0.2, 0) is 14.3 Å². The summed E-state index contributed by atoms with van der Waals surface area (Å²) in [5.41, 5.74) is 2.85. The van der Waals surface area contributed by atoms with Crippen molar-refractivity contribution in [3.63, 3.8) is 0 Å². The van der Waals surface area contributed by atoms with Crippen molar-refractivity contribution in [2.45, 2.75) is 25.5 Å². The van der Waals surface area contributed by atoms with Gasteiger partial charge in [-0.2, -0.15) is 4.99 Å². The number of aliphatic imine (C=N–C) groups is 1. The summed E-state index contributed by atoms with van der Waals surface area (Å²) in [6.45, 7) is 6.67. The van der Waals surface area contributed by atoms with E-state index in [4.69, 9.17) is 4.74 Å². The van der Waals surface area contributed by atoms with Crippen LogP contribution in [0.3, 0.4) is 0 Å². The summed E-state index contributed by atoms with van der Waals surface area (Å²) in [7, 11) is 0. The summed E-state index contributed by atoms with van der Waals surface area (Å²) in [5, 5.41) is 3.21. The van der Waals surface area contributed by atoms with Gasteiger partial charge in [0.2, 0.25) is 5.91 Å². The van der Waals surface area contributed by atoms with E-state index in [-0.39, 0.29) is 18.2 Å². The number of carbonyl (C=O) groups is 2. The molecular weight excluding hydrogens is 326 g/mol. The molecule has 0 aliphatic carbocycles. The molecule has 2 aliphatic rings. The third-order valence-corrected chi connectivity index (χ3v) is 5.34. The van der Waals surface area contributed by atoms with Crippen LogP contribution in [0.4, 0.5) is 5.69 Å². The second kappa shape index (κ2) is 7.36. The van der Waals surface area contributed by atoms with Crippen molar-refractivity contribution in [2.75, 3.05) is 31.6 Å². The van der Waals surface area contributed by atoms with Crippen molar-refractivity contribution in [3.8, 4) is 0 Å². The zero-order valence-corrected chi connectivity index (χ0v) is 14.7. The fraction of sp³-hybridized carbons (Fsp3) is 0.471. The van der Waals surface area contributed by atoms with E-state index in [0.717, 1.165) is 29.9 Å². The number of carbonyl (C=O) groups excluding carboxylic acids is 2. The highest BCUT2D eigenvalue weighted by molar-refractivity contribution is 8.15. The van der Waals surface area contributed by atoms with Gasteiger partial charge < -0.3 is 15.0 Å². The van der Waals surface area contributed by atoms with Crippen LogP contribution in [0.2, 0.25) is 0 Å². The highest BCUT2D eigenvalue weighted by Crippen LogP contribution is 2.28. The second-order valence-corrected chi connectivity index (χ2v) is 7.13. The molecule has 24 heavy (non-hydrogen) atoms. The average Bonchev–Trinajstić information content (AvgIpc) is 2.93. The number of nitrogens with zero attached hydrogens (tertiary/aromatic N) is 2. The van der Waals surface area contributed by atoms with Gasteiger partial charge in [0, 0.05) is 25.2 Å². The molecule has 2 amide bonds. The highest BCUT2D eigenvalue weighted by Gasteiger charge is 2.33. The smallest absolute Gasteiger partial charge is 0.262 e. The molecule has 1 aromatic rings. The molecule has 1 fully saturated rings. The molecule has 2 heterocycles. The van der Waals surface area contributed by atoms with Gasteiger partial charge in [0.05, 0.1) is 13.2 Å². The molecule has 1 N–H and O–H groups in total. The van der Waals surface area contributed by atoms with E-state index in [2.05, 4.69) is 15.2 Å². The second-order valence-electron chi connectivity index (χ2n) is 5.96. The number of para-hydroxylation sites is 1. The molecule has 7 heteroatoms. The third-order valence-electron chi connectivity index (χ3n) is 4.13. The first-order valence-electron chi connectivity index (χ1n) is 8.02. The first kappa shape index (κ1) is 17.0. The molecule has 3 rings (SSSR count). The minimum absolute atomic E-state index is 0.134. The van der Waals surface area contributed by atoms with E-state index in [9.17, 15) is 9.59 Å². The van der Waals surface area contributed by atoms with Crippen molar-refractivity contribution in [2.24, 2.45) is 4.99 Å². The van der Waals surface area contributed by atoms with Gasteiger partial charge in [-0.15, -0.1) is 0 Å². The van der Waals surface area contributed by atoms with Crippen LogP contribution in [0.25, 0.3) is 0 Å². The highest BCUT2D eigenvalue weighted by atomic mass is 32.2. The first-order chi connectivity index (χ1) is 11.5. The lowest BCUT2D eigenvalue weighted by molar-refractivity contribution is -0.121. The van der Waals surface area contributed by atoms with E-state index in [0.29, 0.717) is 18.4 Å². The Morgan fingerprint density at radius 3 is 2.67 bits per heavy atom. The Hall–Kier alpha value is -1.86. The van der Waals surface area contributed by atoms with Gasteiger partial charge in [-0.25, -0.2) is 0 Å². The monoisotopic (exact) mass is 347 g/mol. The number of morpholine rings is 1. The minimum Gasteiger partial charge on any atom is -0.378 e. The van der Waals surface area contributed by atoms with Gasteiger partial charge >= 0.3 is 0 Å². The van der Waals surface area contributed by atoms with Crippen molar-refractivity contribution < 1.29 is 14.3 Å². The molecular formula is C17H21N3O3S. The normalized spacial score (nSPS) is 20.9. The number of aryl methyl sites for hydroxylation is 2. The molecule has 0 radical (unpaired) electrons. The summed E-state index contributed by atoms with van der Waals surface area (Å²) in [6.07, 6.45) is 0.134. The van der Waals surface area contributed by atoms with Gasteiger partial charge in [0.25, 0.3) is 5.91 Å². The maximum absolute atomic E-state index is 12.3. The quantitative estimate of drug-likeness (QED) is 0.905. The largest absolute Gasteiger partial charge is 0.378 e. The Morgan fingerprint density at radius 2 is 2.00 bits per heavy atom. The Labute approximate surface area is 145 Å². The molecule has 0 aromatic heterocycles. The minimum atomic E-state index is -0.438. The average molecular weight is 347 g/mol. The molecule has 1 saturated heterocycles. The van der Waals surface area contributed by atoms with E-state index in [1.165, 1.54) is 11.8 Å². The maximum Gasteiger partial charge on any atom is 0.262 e. The Kier molecular flexibility index (Phi) is 5.20. The fourth-order valence-corrected chi connectivity index (χ4v) is 3.89. The van der Waals surface area contributed by atoms with Gasteiger partial charge in [0.15, 0.2) is 5.17 Å². The lowest BCUT2D eigenvalue weighted by Gasteiger charge is -2.27. The van der Waals surface area contributed by atoms with Gasteiger partial charge in [0.1, 0.15) is 5.25 Å². The van der Waals surface area contributed by atoms with Crippen LogP contribution in [0.1, 0.15) is 17.5 Å². The lowest BCUT2D eigenvalue weighted by Crippen LogP contribution is -2.39. The van der Waals surface area contributed by atoms with Gasteiger partial charge in [-0.05, 0) is 25.0 Å². The molecule has 128 valence electrons. The third kappa shape index (κ3) is 3.79. The van der Waals surface area contributed by atoms with E-state index in [1.54, 1.807) is 0 Å². The van der Waals surface area contributed by atoms with Crippen molar-refractivity contribution in [1.29, 1.82) is 0 Å². The molecule has 0 saturated carbocycles. The summed E-state index contributed by atoms with van der Waals surface area (Å²) >= 11 is 1.38. The zero-order valence-electron chi connectivity index (χ0n) is 13.9. The van der Waals surface area contributed by atoms with Crippen LogP contribution >= 0.6 is 11.8 Å². The molecule has 1 unspecified atom stereocenters. The maximum atomic E-state index is 12.3. The SMILES string of the molecule is Cc1cccc(C)c1NC(=O)CC1SC(N2CCOCC2)=NC1=O. The van der Waals surface area contributed by atoms with E-state index in [1.807, 2.05) is 32.0 Å². The number of ether oxygens (including phenoxy) is 1. The first-order valence-corrected chi connectivity index (χ1v) is 8.90. The molecule has 6 nitrogen and oxygen atoms in total. The van der Waals surface area contributed by atoms with Crippen LogP contribution in [0.15, 0.2) is 23.2 Å². The predicted molar refractivity (Wildman–Crippen MR) is 95.4 cm³/mol. The van der Waals surface area contributed by atoms with E-state index < -0.39 is 5.25 Å². The summed E-state index contributed by atoms with van der Waals surface area (Å²) < 4.78 is 5.31. The van der Waals surface area contributed by atoms with Gasteiger partial charge in [-0.1, -0.05) is 30.0 Å². The molecule has 1 atom stereocenters. The predicted octanol–water partition coefficient (Wildman–Crippen LogP) is 1.96. The van der Waals surface area contributed by atoms with Gasteiger partial charge in [-0.3, -0.25) is 9.59 Å². The summed E-state index contributed by atoms with van der Waals surface area (Å²) in [6, 6.07) is 5.87. The van der Waals surface area contributed by atoms with Crippen molar-refractivity contribution >= 4 is 34.4 Å². The fourth-order valence-electron chi connectivity index (χ4n) is 2.77. The molecule has 2 aliphatic heterocycles. The van der Waals surface area contributed by atoms with Crippen LogP contribution < -0.4 is 5.32 Å². The van der Waals surface area contributed by atoms with Crippen LogP contribution in [0.5, 0.6) is 0 Å². The van der Waals surface area contributed by atoms with E-state index >= 15 is 0 Å². The van der Waals surface area contributed by atoms with Crippen LogP contribution in [-0.4, -0.2) is 53.4 Å². The summed E-state index contributed by atoms with van der Waals surface area (Å²) in [4.78, 5) is 30.6. The summed E-state index contributed by atoms with van der Waals surface area (Å²) in [5.74, 6) is -0.380. The molecule has 1 aromatic carbocycles. The Morgan fingerprint density at radius 1 is 1.33 bits per heavy atom. The van der Waals surface area contributed by atoms with Crippen molar-refractivity contribution in [3.05, 3.63) is 29.3 Å². The number of rotatable bonds is 3.